The van der Waals surface area contributed by atoms with E-state index in [1.807, 2.05) is 0 Å². The number of aliphatic imine (C=N–C) groups is 1. The zero-order valence-corrected chi connectivity index (χ0v) is 32.3. The van der Waals surface area contributed by atoms with Crippen LogP contribution >= 0.6 is 0 Å². The van der Waals surface area contributed by atoms with Crippen LogP contribution in [0.3, 0.4) is 0 Å². The summed E-state index contributed by atoms with van der Waals surface area (Å²) in [5.41, 5.74) is 20.3. The van der Waals surface area contributed by atoms with Crippen molar-refractivity contribution in [1.29, 1.82) is 0 Å². The first-order chi connectivity index (χ1) is 28.0. The van der Waals surface area contributed by atoms with Crippen molar-refractivity contribution in [2.24, 2.45) is 4.99 Å². The maximum Gasteiger partial charge on any atom is 0.135 e. The summed E-state index contributed by atoms with van der Waals surface area (Å²) in [6.07, 6.45) is 4.24. The van der Waals surface area contributed by atoms with Gasteiger partial charge in [0.1, 0.15) is 5.84 Å². The molecule has 0 aromatic heterocycles. The first-order valence-corrected chi connectivity index (χ1v) is 20.2. The molecule has 2 heteroatoms. The summed E-state index contributed by atoms with van der Waals surface area (Å²) in [4.78, 5) is 5.42. The van der Waals surface area contributed by atoms with Gasteiger partial charge in [-0.25, -0.2) is 4.99 Å². The summed E-state index contributed by atoms with van der Waals surface area (Å²) >= 11 is 0. The van der Waals surface area contributed by atoms with Gasteiger partial charge < -0.3 is 5.32 Å². The van der Waals surface area contributed by atoms with Crippen LogP contribution in [0.15, 0.2) is 187 Å². The van der Waals surface area contributed by atoms with Crippen molar-refractivity contribution in [3.63, 3.8) is 0 Å². The van der Waals surface area contributed by atoms with Crippen molar-refractivity contribution in [3.05, 3.63) is 221 Å². The summed E-state index contributed by atoms with van der Waals surface area (Å²) in [6.45, 7) is 4.72. The lowest BCUT2D eigenvalue weighted by Crippen LogP contribution is -2.32. The number of rotatable bonds is 5. The van der Waals surface area contributed by atoms with E-state index in [-0.39, 0.29) is 11.5 Å². The molecule has 0 saturated heterocycles. The second-order valence-electron chi connectivity index (χ2n) is 16.3. The van der Waals surface area contributed by atoms with E-state index in [1.165, 1.54) is 83.1 Å². The largest absolute Gasteiger partial charge is 0.359 e. The number of hydrogen-bond donors (Lipinski definition) is 1. The number of nitrogens with zero attached hydrogens (tertiary/aromatic N) is 1. The van der Waals surface area contributed by atoms with Gasteiger partial charge in [-0.15, -0.1) is 0 Å². The molecule has 1 unspecified atom stereocenters. The third-order valence-electron chi connectivity index (χ3n) is 12.6. The molecule has 3 aliphatic rings. The fourth-order valence-corrected chi connectivity index (χ4v) is 9.70. The highest BCUT2D eigenvalue weighted by Crippen LogP contribution is 2.50. The topological polar surface area (TPSA) is 24.4 Å². The van der Waals surface area contributed by atoms with Gasteiger partial charge in [0.2, 0.25) is 0 Å². The smallest absolute Gasteiger partial charge is 0.135 e. The minimum Gasteiger partial charge on any atom is -0.359 e. The number of benzene rings is 8. The summed E-state index contributed by atoms with van der Waals surface area (Å²) in [5, 5.41) is 6.37. The Labute approximate surface area is 334 Å². The Balaban J connectivity index is 1.07. The van der Waals surface area contributed by atoms with E-state index in [2.05, 4.69) is 201 Å². The molecule has 1 atom stereocenters. The molecule has 0 saturated carbocycles. The van der Waals surface area contributed by atoms with Gasteiger partial charge in [0.25, 0.3) is 0 Å². The third-order valence-corrected chi connectivity index (χ3v) is 12.6. The van der Waals surface area contributed by atoms with Crippen LogP contribution in [0, 0.1) is 0 Å². The number of amidine groups is 1. The molecule has 8 aromatic rings. The lowest BCUT2D eigenvalue weighted by atomic mass is 9.79. The Morgan fingerprint density at radius 3 is 1.96 bits per heavy atom. The second kappa shape index (κ2) is 13.2. The van der Waals surface area contributed by atoms with E-state index in [0.717, 1.165) is 35.5 Å². The maximum atomic E-state index is 5.42. The van der Waals surface area contributed by atoms with Crippen LogP contribution in [-0.2, 0) is 18.3 Å². The van der Waals surface area contributed by atoms with Crippen LogP contribution in [0.4, 0.5) is 0 Å². The fourth-order valence-electron chi connectivity index (χ4n) is 9.70. The second-order valence-corrected chi connectivity index (χ2v) is 16.3. The summed E-state index contributed by atoms with van der Waals surface area (Å²) in [7, 11) is 0. The zero-order chi connectivity index (χ0) is 38.1. The molecule has 57 heavy (non-hydrogen) atoms. The minimum absolute atomic E-state index is 0.0252. The predicted molar refractivity (Wildman–Crippen MR) is 239 cm³/mol. The summed E-state index contributed by atoms with van der Waals surface area (Å²) in [5.74, 6) is 0.900. The molecule has 1 aliphatic heterocycles. The number of fused-ring (bicyclic) bond motifs is 7. The molecule has 0 spiro atoms. The van der Waals surface area contributed by atoms with Gasteiger partial charge in [0.05, 0.1) is 11.7 Å². The van der Waals surface area contributed by atoms with E-state index in [9.17, 15) is 0 Å². The SMILES string of the molecule is CC1(C)c2ccccc2-c2ccc(-c3ccc4ccc(-c5c(C6=NC(c7ccccc7)=CC(c7ccccc7)N6)ccc6c5CCc5ccccc5-6)cc4c3)cc21. The Morgan fingerprint density at radius 2 is 1.12 bits per heavy atom. The average molecular weight is 731 g/mol. The van der Waals surface area contributed by atoms with Crippen LogP contribution in [0.1, 0.15) is 58.8 Å². The van der Waals surface area contributed by atoms with Crippen molar-refractivity contribution < 1.29 is 0 Å². The van der Waals surface area contributed by atoms with Gasteiger partial charge in [-0.2, -0.15) is 0 Å². The van der Waals surface area contributed by atoms with Crippen molar-refractivity contribution in [2.75, 3.05) is 0 Å². The lowest BCUT2D eigenvalue weighted by Gasteiger charge is -2.29. The Hall–Kier alpha value is -6.77. The van der Waals surface area contributed by atoms with Crippen LogP contribution in [0.2, 0.25) is 0 Å². The predicted octanol–water partition coefficient (Wildman–Crippen LogP) is 13.4. The Morgan fingerprint density at radius 1 is 0.491 bits per heavy atom. The molecule has 0 bridgehead atoms. The van der Waals surface area contributed by atoms with E-state index >= 15 is 0 Å². The molecule has 0 radical (unpaired) electrons. The molecule has 0 amide bonds. The van der Waals surface area contributed by atoms with Gasteiger partial charge in [0, 0.05) is 11.0 Å². The quantitative estimate of drug-likeness (QED) is 0.187. The van der Waals surface area contributed by atoms with Crippen LogP contribution in [0.5, 0.6) is 0 Å². The molecule has 2 aliphatic carbocycles. The van der Waals surface area contributed by atoms with Gasteiger partial charge in [-0.1, -0.05) is 172 Å². The maximum absolute atomic E-state index is 5.42. The van der Waals surface area contributed by atoms with Crippen molar-refractivity contribution in [3.8, 4) is 44.5 Å². The summed E-state index contributed by atoms with van der Waals surface area (Å²) < 4.78 is 0. The van der Waals surface area contributed by atoms with Gasteiger partial charge in [-0.3, -0.25) is 0 Å². The van der Waals surface area contributed by atoms with E-state index in [4.69, 9.17) is 4.99 Å². The Kier molecular flexibility index (Phi) is 7.76. The lowest BCUT2D eigenvalue weighted by molar-refractivity contribution is 0.660. The van der Waals surface area contributed by atoms with E-state index in [1.54, 1.807) is 0 Å². The van der Waals surface area contributed by atoms with Crippen LogP contribution in [-0.4, -0.2) is 5.84 Å². The summed E-state index contributed by atoms with van der Waals surface area (Å²) in [6, 6.07) is 64.8. The van der Waals surface area contributed by atoms with Crippen LogP contribution < -0.4 is 5.32 Å². The monoisotopic (exact) mass is 730 g/mol. The third kappa shape index (κ3) is 5.58. The molecule has 272 valence electrons. The van der Waals surface area contributed by atoms with E-state index < -0.39 is 0 Å². The fraction of sp³-hybridized carbons (Fsp3) is 0.109. The molecule has 8 aromatic carbocycles. The van der Waals surface area contributed by atoms with Gasteiger partial charge >= 0.3 is 0 Å². The van der Waals surface area contributed by atoms with E-state index in [0.29, 0.717) is 0 Å². The molecule has 1 N–H and O–H groups in total. The number of nitrogens with one attached hydrogen (secondary N) is 1. The van der Waals surface area contributed by atoms with Gasteiger partial charge in [-0.05, 0) is 126 Å². The first kappa shape index (κ1) is 33.6. The molecule has 2 nitrogen and oxygen atoms in total. The van der Waals surface area contributed by atoms with Crippen molar-refractivity contribution >= 4 is 22.3 Å². The standard InChI is InChI=1S/C55H42N2/c1-55(2)49-20-12-11-19-45(49)46-27-26-40(33-50(46)55)39-23-21-35-22-24-41(32-42(35)31-39)53-47-28-25-36-13-9-10-18-43(36)44(47)29-30-48(53)54-56-51(37-14-5-3-6-15-37)34-52(57-54)38-16-7-4-8-17-38/h3-24,26-27,29-34,51H,25,28H2,1-2H3,(H,56,57). The number of hydrogen-bond acceptors (Lipinski definition) is 2. The number of aryl methyl sites for hydroxylation is 1. The van der Waals surface area contributed by atoms with Crippen molar-refractivity contribution in [2.45, 2.75) is 38.1 Å². The molecule has 0 fully saturated rings. The average Bonchev–Trinajstić information content (AvgIpc) is 3.51. The molecular formula is C55H42N2. The highest BCUT2D eigenvalue weighted by Gasteiger charge is 2.35. The molecule has 11 rings (SSSR count). The van der Waals surface area contributed by atoms with Crippen molar-refractivity contribution in [1.82, 2.24) is 5.32 Å². The molecule has 1 heterocycles. The zero-order valence-electron chi connectivity index (χ0n) is 32.3. The Bertz CT molecular complexity index is 2950. The molecular weight excluding hydrogens is 689 g/mol. The highest BCUT2D eigenvalue weighted by atomic mass is 15.0. The first-order valence-electron chi connectivity index (χ1n) is 20.2. The normalized spacial score (nSPS) is 16.1. The highest BCUT2D eigenvalue weighted by molar-refractivity contribution is 6.10. The minimum atomic E-state index is -0.0433. The van der Waals surface area contributed by atoms with Gasteiger partial charge in [0.15, 0.2) is 0 Å². The van der Waals surface area contributed by atoms with Crippen LogP contribution in [0.25, 0.3) is 61.0 Å².